The van der Waals surface area contributed by atoms with Gasteiger partial charge >= 0.3 is 6.09 Å². The first kappa shape index (κ1) is 14.3. The number of hydrazine groups is 1. The Morgan fingerprint density at radius 3 is 2.35 bits per heavy atom. The van der Waals surface area contributed by atoms with Crippen molar-refractivity contribution in [2.45, 2.75) is 71.4 Å². The van der Waals surface area contributed by atoms with E-state index in [2.05, 4.69) is 10.9 Å². The summed E-state index contributed by atoms with van der Waals surface area (Å²) >= 11 is 0. The van der Waals surface area contributed by atoms with Crippen LogP contribution in [0.4, 0.5) is 4.79 Å². The third kappa shape index (κ3) is 4.94. The molecular weight excluding hydrogens is 216 g/mol. The molecule has 4 nitrogen and oxygen atoms in total. The topological polar surface area (TPSA) is 50.4 Å². The Bertz CT molecular complexity index is 246. The predicted octanol–water partition coefficient (Wildman–Crippen LogP) is 2.98. The second-order valence-electron chi connectivity index (χ2n) is 5.75. The fraction of sp³-hybridized carbons (Fsp3) is 0.923. The molecule has 0 aliphatic heterocycles. The number of carbonyl (C=O) groups excluding carboxylic acids is 1. The van der Waals surface area contributed by atoms with Gasteiger partial charge in [0, 0.05) is 6.04 Å². The minimum atomic E-state index is -0.432. The average molecular weight is 242 g/mol. The molecule has 0 aromatic rings. The van der Waals surface area contributed by atoms with Gasteiger partial charge < -0.3 is 4.74 Å². The third-order valence-electron chi connectivity index (χ3n) is 3.73. The van der Waals surface area contributed by atoms with E-state index < -0.39 is 5.60 Å². The van der Waals surface area contributed by atoms with Gasteiger partial charge in [-0.3, -0.25) is 5.43 Å². The van der Waals surface area contributed by atoms with E-state index in [9.17, 15) is 4.79 Å². The summed E-state index contributed by atoms with van der Waals surface area (Å²) in [7, 11) is 0. The average Bonchev–Trinajstić information content (AvgIpc) is 2.27. The smallest absolute Gasteiger partial charge is 0.422 e. The molecule has 4 heteroatoms. The largest absolute Gasteiger partial charge is 0.442 e. The molecule has 0 aromatic carbocycles. The van der Waals surface area contributed by atoms with Crippen LogP contribution in [0.2, 0.25) is 0 Å². The molecule has 1 amide bonds. The summed E-state index contributed by atoms with van der Waals surface area (Å²) in [5, 5.41) is 0. The van der Waals surface area contributed by atoms with Crippen molar-refractivity contribution >= 4 is 6.09 Å². The quantitative estimate of drug-likeness (QED) is 0.745. The summed E-state index contributed by atoms with van der Waals surface area (Å²) in [5.41, 5.74) is 5.28. The molecule has 0 radical (unpaired) electrons. The first-order valence-electron chi connectivity index (χ1n) is 6.66. The molecule has 0 aromatic heterocycles. The van der Waals surface area contributed by atoms with Crippen molar-refractivity contribution in [3.63, 3.8) is 0 Å². The number of nitrogens with one attached hydrogen (secondary N) is 2. The lowest BCUT2D eigenvalue weighted by molar-refractivity contribution is 0.00226. The summed E-state index contributed by atoms with van der Waals surface area (Å²) in [6.45, 7) is 7.94. The van der Waals surface area contributed by atoms with E-state index in [1.807, 2.05) is 27.7 Å². The van der Waals surface area contributed by atoms with Crippen LogP contribution in [0.1, 0.15) is 59.8 Å². The van der Waals surface area contributed by atoms with Gasteiger partial charge in [-0.15, -0.1) is 0 Å². The van der Waals surface area contributed by atoms with Crippen LogP contribution >= 0.6 is 0 Å². The van der Waals surface area contributed by atoms with Gasteiger partial charge in [0.15, 0.2) is 0 Å². The van der Waals surface area contributed by atoms with Crippen molar-refractivity contribution in [2.24, 2.45) is 5.92 Å². The van der Waals surface area contributed by atoms with Crippen molar-refractivity contribution in [1.29, 1.82) is 0 Å². The molecule has 100 valence electrons. The first-order chi connectivity index (χ1) is 7.92. The highest BCUT2D eigenvalue weighted by atomic mass is 16.6. The van der Waals surface area contributed by atoms with E-state index in [1.165, 1.54) is 19.3 Å². The summed E-state index contributed by atoms with van der Waals surface area (Å²) < 4.78 is 5.38. The molecular formula is C13H26N2O2. The van der Waals surface area contributed by atoms with Gasteiger partial charge in [0.05, 0.1) is 0 Å². The van der Waals surface area contributed by atoms with Crippen LogP contribution in [0.25, 0.3) is 0 Å². The van der Waals surface area contributed by atoms with Crippen LogP contribution in [-0.2, 0) is 4.74 Å². The molecule has 0 spiro atoms. The second kappa shape index (κ2) is 6.24. The van der Waals surface area contributed by atoms with Crippen LogP contribution < -0.4 is 10.9 Å². The van der Waals surface area contributed by atoms with Crippen LogP contribution in [0.3, 0.4) is 0 Å². The highest BCUT2D eigenvalue weighted by Crippen LogP contribution is 2.20. The normalized spacial score (nSPS) is 18.2. The highest BCUT2D eigenvalue weighted by molar-refractivity contribution is 5.67. The van der Waals surface area contributed by atoms with E-state index in [4.69, 9.17) is 4.74 Å². The molecule has 1 rings (SSSR count). The minimum absolute atomic E-state index is 0.294. The van der Waals surface area contributed by atoms with Gasteiger partial charge in [0.1, 0.15) is 5.60 Å². The Hall–Kier alpha value is -0.770. The SMILES string of the molecule is CC(C)C(C)(C)OC(=O)NNC1CCCCC1. The van der Waals surface area contributed by atoms with Crippen LogP contribution in [0.15, 0.2) is 0 Å². The summed E-state index contributed by atoms with van der Waals surface area (Å²) in [6.07, 6.45) is 5.68. The Balaban J connectivity index is 2.25. The highest BCUT2D eigenvalue weighted by Gasteiger charge is 2.27. The number of ether oxygens (including phenoxy) is 1. The molecule has 0 bridgehead atoms. The molecule has 1 fully saturated rings. The van der Waals surface area contributed by atoms with Crippen molar-refractivity contribution in [1.82, 2.24) is 10.9 Å². The fourth-order valence-corrected chi connectivity index (χ4v) is 1.79. The summed E-state index contributed by atoms with van der Waals surface area (Å²) in [6, 6.07) is 0.401. The van der Waals surface area contributed by atoms with Crippen LogP contribution in [0.5, 0.6) is 0 Å². The number of carbonyl (C=O) groups is 1. The maximum Gasteiger partial charge on any atom is 0.422 e. The molecule has 1 aliphatic rings. The van der Waals surface area contributed by atoms with E-state index >= 15 is 0 Å². The zero-order chi connectivity index (χ0) is 12.9. The van der Waals surface area contributed by atoms with Gasteiger partial charge in [-0.1, -0.05) is 33.1 Å². The Kier molecular flexibility index (Phi) is 5.25. The third-order valence-corrected chi connectivity index (χ3v) is 3.73. The van der Waals surface area contributed by atoms with Crippen LogP contribution in [-0.4, -0.2) is 17.7 Å². The van der Waals surface area contributed by atoms with Gasteiger partial charge in [-0.2, -0.15) is 0 Å². The zero-order valence-electron chi connectivity index (χ0n) is 11.5. The van der Waals surface area contributed by atoms with E-state index in [0.717, 1.165) is 12.8 Å². The minimum Gasteiger partial charge on any atom is -0.442 e. The molecule has 0 atom stereocenters. The van der Waals surface area contributed by atoms with Crippen molar-refractivity contribution < 1.29 is 9.53 Å². The maximum absolute atomic E-state index is 11.6. The Morgan fingerprint density at radius 2 is 1.82 bits per heavy atom. The summed E-state index contributed by atoms with van der Waals surface area (Å²) in [5.74, 6) is 0.294. The second-order valence-corrected chi connectivity index (χ2v) is 5.75. The molecule has 2 N–H and O–H groups in total. The van der Waals surface area contributed by atoms with Crippen LogP contribution in [0, 0.1) is 5.92 Å². The van der Waals surface area contributed by atoms with Crippen molar-refractivity contribution in [3.8, 4) is 0 Å². The molecule has 0 saturated heterocycles. The van der Waals surface area contributed by atoms with Gasteiger partial charge in [-0.25, -0.2) is 10.2 Å². The zero-order valence-corrected chi connectivity index (χ0v) is 11.5. The van der Waals surface area contributed by atoms with E-state index in [1.54, 1.807) is 0 Å². The molecule has 17 heavy (non-hydrogen) atoms. The molecule has 0 unspecified atom stereocenters. The number of hydrogen-bond donors (Lipinski definition) is 2. The maximum atomic E-state index is 11.6. The Morgan fingerprint density at radius 1 is 1.24 bits per heavy atom. The first-order valence-corrected chi connectivity index (χ1v) is 6.66. The monoisotopic (exact) mass is 242 g/mol. The Labute approximate surface area is 104 Å². The van der Waals surface area contributed by atoms with Gasteiger partial charge in [0.2, 0.25) is 0 Å². The standard InChI is InChI=1S/C13H26N2O2/c1-10(2)13(3,4)17-12(16)15-14-11-8-6-5-7-9-11/h10-11,14H,5-9H2,1-4H3,(H,15,16). The lowest BCUT2D eigenvalue weighted by Gasteiger charge is -2.30. The summed E-state index contributed by atoms with van der Waals surface area (Å²) in [4.78, 5) is 11.6. The number of amides is 1. The lowest BCUT2D eigenvalue weighted by Crippen LogP contribution is -2.48. The predicted molar refractivity (Wildman–Crippen MR) is 68.5 cm³/mol. The molecule has 1 aliphatic carbocycles. The fourth-order valence-electron chi connectivity index (χ4n) is 1.79. The van der Waals surface area contributed by atoms with Crippen molar-refractivity contribution in [3.05, 3.63) is 0 Å². The van der Waals surface area contributed by atoms with Gasteiger partial charge in [0.25, 0.3) is 0 Å². The van der Waals surface area contributed by atoms with E-state index in [0.29, 0.717) is 12.0 Å². The van der Waals surface area contributed by atoms with Gasteiger partial charge in [-0.05, 0) is 32.6 Å². The number of rotatable bonds is 4. The lowest BCUT2D eigenvalue weighted by atomic mass is 9.95. The number of hydrogen-bond acceptors (Lipinski definition) is 3. The van der Waals surface area contributed by atoms with Crippen molar-refractivity contribution in [2.75, 3.05) is 0 Å². The van der Waals surface area contributed by atoms with E-state index in [-0.39, 0.29) is 6.09 Å². The molecule has 0 heterocycles. The molecule has 1 saturated carbocycles.